The van der Waals surface area contributed by atoms with E-state index in [1.165, 1.54) is 0 Å². The highest BCUT2D eigenvalue weighted by Gasteiger charge is 2.12. The van der Waals surface area contributed by atoms with Crippen molar-refractivity contribution in [3.8, 4) is 11.5 Å². The second-order valence-electron chi connectivity index (χ2n) is 5.61. The Labute approximate surface area is 167 Å². The molecule has 1 N–H and O–H groups in total. The minimum Gasteiger partial charge on any atom is -0.493 e. The van der Waals surface area contributed by atoms with Crippen LogP contribution in [0.1, 0.15) is 24.5 Å². The first-order valence-corrected chi connectivity index (χ1v) is 8.94. The maximum atomic E-state index is 6.41. The lowest BCUT2D eigenvalue weighted by atomic mass is 10.2. The molecule has 2 rings (SSSR count). The maximum Gasteiger partial charge on any atom is 0.180 e. The topological polar surface area (TPSA) is 39.7 Å². The molecule has 0 saturated carbocycles. The largest absolute Gasteiger partial charge is 0.493 e. The molecule has 0 atom stereocenters. The highest BCUT2D eigenvalue weighted by atomic mass is 35.5. The van der Waals surface area contributed by atoms with Crippen molar-refractivity contribution in [2.75, 3.05) is 26.9 Å². The summed E-state index contributed by atoms with van der Waals surface area (Å²) < 4.78 is 16.7. The van der Waals surface area contributed by atoms with Gasteiger partial charge in [-0.15, -0.1) is 12.4 Å². The predicted molar refractivity (Wildman–Crippen MR) is 109 cm³/mol. The summed E-state index contributed by atoms with van der Waals surface area (Å²) in [5, 5.41) is 3.94. The number of hydrogen-bond acceptors (Lipinski definition) is 4. The van der Waals surface area contributed by atoms with Crippen LogP contribution in [0.4, 0.5) is 0 Å². The van der Waals surface area contributed by atoms with Crippen LogP contribution in [0.25, 0.3) is 0 Å². The number of hydrogen-bond donors (Lipinski definition) is 1. The third-order valence-electron chi connectivity index (χ3n) is 3.69. The second kappa shape index (κ2) is 12.8. The molecule has 4 nitrogen and oxygen atoms in total. The van der Waals surface area contributed by atoms with Crippen molar-refractivity contribution in [2.45, 2.75) is 26.5 Å². The Morgan fingerprint density at radius 1 is 1.08 bits per heavy atom. The van der Waals surface area contributed by atoms with Gasteiger partial charge in [0.25, 0.3) is 0 Å². The van der Waals surface area contributed by atoms with Crippen molar-refractivity contribution < 1.29 is 14.2 Å². The van der Waals surface area contributed by atoms with Gasteiger partial charge in [-0.1, -0.05) is 41.9 Å². The fourth-order valence-corrected chi connectivity index (χ4v) is 2.71. The van der Waals surface area contributed by atoms with Crippen LogP contribution in [0.2, 0.25) is 5.02 Å². The molecule has 2 aromatic rings. The molecular formula is C20H27Cl2NO3. The zero-order valence-electron chi connectivity index (χ0n) is 15.3. The molecule has 0 bridgehead atoms. The number of ether oxygens (including phenoxy) is 3. The summed E-state index contributed by atoms with van der Waals surface area (Å²) in [4.78, 5) is 0. The Bertz CT molecular complexity index is 638. The van der Waals surface area contributed by atoms with E-state index in [-0.39, 0.29) is 12.4 Å². The first-order valence-electron chi connectivity index (χ1n) is 8.56. The Kier molecular flexibility index (Phi) is 11.1. The first kappa shape index (κ1) is 22.6. The molecule has 2 aromatic carbocycles. The molecule has 0 aliphatic rings. The van der Waals surface area contributed by atoms with Gasteiger partial charge in [-0.25, -0.2) is 0 Å². The minimum atomic E-state index is 0. The maximum absolute atomic E-state index is 6.41. The number of methoxy groups -OCH3 is 1. The van der Waals surface area contributed by atoms with Crippen molar-refractivity contribution in [1.29, 1.82) is 0 Å². The standard InChI is InChI=1S/C20H26ClNO3.ClH/c1-3-24-11-7-10-22-14-17-12-18(21)20(19(13-17)23-2)25-15-16-8-5-4-6-9-16;/h4-6,8-9,12-13,22H,3,7,10-11,14-15H2,1-2H3;1H. The van der Waals surface area contributed by atoms with Crippen LogP contribution < -0.4 is 14.8 Å². The lowest BCUT2D eigenvalue weighted by Crippen LogP contribution is -2.16. The Morgan fingerprint density at radius 2 is 1.85 bits per heavy atom. The minimum absolute atomic E-state index is 0. The van der Waals surface area contributed by atoms with Gasteiger partial charge in [0.2, 0.25) is 0 Å². The zero-order valence-corrected chi connectivity index (χ0v) is 16.9. The molecule has 6 heteroatoms. The Hall–Kier alpha value is -1.46. The van der Waals surface area contributed by atoms with E-state index in [9.17, 15) is 0 Å². The SMILES string of the molecule is CCOCCCNCc1cc(Cl)c(OCc2ccccc2)c(OC)c1.Cl. The summed E-state index contributed by atoms with van der Waals surface area (Å²) in [6.45, 7) is 5.61. The summed E-state index contributed by atoms with van der Waals surface area (Å²) in [6.07, 6.45) is 0.983. The van der Waals surface area contributed by atoms with Crippen molar-refractivity contribution in [3.63, 3.8) is 0 Å². The van der Waals surface area contributed by atoms with Crippen LogP contribution >= 0.6 is 24.0 Å². The van der Waals surface area contributed by atoms with Crippen LogP contribution in [0, 0.1) is 0 Å². The average Bonchev–Trinajstić information content (AvgIpc) is 2.64. The van der Waals surface area contributed by atoms with E-state index in [2.05, 4.69) is 5.32 Å². The molecule has 0 unspecified atom stereocenters. The van der Waals surface area contributed by atoms with Gasteiger partial charge >= 0.3 is 0 Å². The number of rotatable bonds is 11. The van der Waals surface area contributed by atoms with Gasteiger partial charge in [0.1, 0.15) is 6.61 Å². The van der Waals surface area contributed by atoms with Gasteiger partial charge in [-0.2, -0.15) is 0 Å². The fraction of sp³-hybridized carbons (Fsp3) is 0.400. The summed E-state index contributed by atoms with van der Waals surface area (Å²) >= 11 is 6.41. The van der Waals surface area contributed by atoms with Crippen LogP contribution in [0.15, 0.2) is 42.5 Å². The van der Waals surface area contributed by atoms with Gasteiger partial charge < -0.3 is 19.5 Å². The average molecular weight is 400 g/mol. The second-order valence-corrected chi connectivity index (χ2v) is 6.02. The summed E-state index contributed by atoms with van der Waals surface area (Å²) in [5.41, 5.74) is 2.14. The highest BCUT2D eigenvalue weighted by molar-refractivity contribution is 6.32. The van der Waals surface area contributed by atoms with Crippen molar-refractivity contribution >= 4 is 24.0 Å². The molecule has 0 saturated heterocycles. The molecular weight excluding hydrogens is 373 g/mol. The Balaban J connectivity index is 0.00000338. The zero-order chi connectivity index (χ0) is 17.9. The van der Waals surface area contributed by atoms with Gasteiger partial charge in [0.15, 0.2) is 11.5 Å². The van der Waals surface area contributed by atoms with E-state index in [4.69, 9.17) is 25.8 Å². The normalized spacial score (nSPS) is 10.3. The molecule has 0 aromatic heterocycles. The van der Waals surface area contributed by atoms with Crippen LogP contribution in [-0.4, -0.2) is 26.9 Å². The van der Waals surface area contributed by atoms with Crippen LogP contribution in [-0.2, 0) is 17.9 Å². The molecule has 0 aliphatic carbocycles. The molecule has 0 spiro atoms. The molecule has 0 radical (unpaired) electrons. The van der Waals surface area contributed by atoms with E-state index in [1.54, 1.807) is 7.11 Å². The highest BCUT2D eigenvalue weighted by Crippen LogP contribution is 2.37. The third-order valence-corrected chi connectivity index (χ3v) is 3.97. The summed E-state index contributed by atoms with van der Waals surface area (Å²) in [7, 11) is 1.63. The smallest absolute Gasteiger partial charge is 0.180 e. The number of nitrogens with one attached hydrogen (secondary N) is 1. The van der Waals surface area contributed by atoms with Crippen LogP contribution in [0.3, 0.4) is 0 Å². The lowest BCUT2D eigenvalue weighted by molar-refractivity contribution is 0.144. The molecule has 0 amide bonds. The fourth-order valence-electron chi connectivity index (χ4n) is 2.42. The molecule has 0 fully saturated rings. The third kappa shape index (κ3) is 7.42. The van der Waals surface area contributed by atoms with E-state index in [1.807, 2.05) is 49.4 Å². The Morgan fingerprint density at radius 3 is 2.54 bits per heavy atom. The number of halogens is 2. The van der Waals surface area contributed by atoms with Gasteiger partial charge in [-0.05, 0) is 43.1 Å². The predicted octanol–water partition coefficient (Wildman–Crippen LogP) is 4.87. The molecule has 0 aliphatic heterocycles. The summed E-state index contributed by atoms with van der Waals surface area (Å²) in [5.74, 6) is 1.22. The van der Waals surface area contributed by atoms with Gasteiger partial charge in [0, 0.05) is 19.8 Å². The molecule has 26 heavy (non-hydrogen) atoms. The van der Waals surface area contributed by atoms with Crippen molar-refractivity contribution in [3.05, 3.63) is 58.6 Å². The number of benzene rings is 2. The van der Waals surface area contributed by atoms with E-state index < -0.39 is 0 Å². The van der Waals surface area contributed by atoms with E-state index in [0.717, 1.165) is 43.9 Å². The van der Waals surface area contributed by atoms with Crippen molar-refractivity contribution in [1.82, 2.24) is 5.32 Å². The van der Waals surface area contributed by atoms with Crippen molar-refractivity contribution in [2.24, 2.45) is 0 Å². The van der Waals surface area contributed by atoms with Gasteiger partial charge in [-0.3, -0.25) is 0 Å². The lowest BCUT2D eigenvalue weighted by Gasteiger charge is -2.15. The van der Waals surface area contributed by atoms with Gasteiger partial charge in [0.05, 0.1) is 12.1 Å². The summed E-state index contributed by atoms with van der Waals surface area (Å²) in [6, 6.07) is 13.9. The molecule has 144 valence electrons. The first-order chi connectivity index (χ1) is 12.2. The molecule has 0 heterocycles. The quantitative estimate of drug-likeness (QED) is 0.547. The van der Waals surface area contributed by atoms with Crippen LogP contribution in [0.5, 0.6) is 11.5 Å². The van der Waals surface area contributed by atoms with E-state index in [0.29, 0.717) is 23.1 Å². The monoisotopic (exact) mass is 399 g/mol. The van der Waals surface area contributed by atoms with E-state index >= 15 is 0 Å².